The Morgan fingerprint density at radius 2 is 2.12 bits per heavy atom. The minimum absolute atomic E-state index is 0.0413. The van der Waals surface area contributed by atoms with Crippen LogP contribution in [0.25, 0.3) is 0 Å². The molecule has 3 heterocycles. The first kappa shape index (κ1) is 15.2. The average Bonchev–Trinajstić information content (AvgIpc) is 3.15. The van der Waals surface area contributed by atoms with Crippen LogP contribution in [0.4, 0.5) is 5.69 Å². The Bertz CT molecular complexity index is 663. The zero-order chi connectivity index (χ0) is 16.5. The second-order valence-electron chi connectivity index (χ2n) is 8.56. The van der Waals surface area contributed by atoms with Gasteiger partial charge in [0.1, 0.15) is 0 Å². The van der Waals surface area contributed by atoms with Crippen molar-refractivity contribution in [3.63, 3.8) is 0 Å². The van der Waals surface area contributed by atoms with E-state index < -0.39 is 0 Å². The van der Waals surface area contributed by atoms with E-state index in [1.807, 2.05) is 6.92 Å². The lowest BCUT2D eigenvalue weighted by Gasteiger charge is -2.61. The molecule has 6 atom stereocenters. The molecule has 4 nitrogen and oxygen atoms in total. The Balaban J connectivity index is 1.75. The van der Waals surface area contributed by atoms with Gasteiger partial charge in [-0.05, 0) is 57.3 Å². The number of aliphatic hydroxyl groups is 2. The fraction of sp³-hybridized carbons (Fsp3) is 0.700. The van der Waals surface area contributed by atoms with Gasteiger partial charge >= 0.3 is 0 Å². The van der Waals surface area contributed by atoms with Gasteiger partial charge in [-0.1, -0.05) is 18.2 Å². The van der Waals surface area contributed by atoms with Crippen molar-refractivity contribution >= 4 is 5.69 Å². The molecule has 0 bridgehead atoms. The predicted octanol–water partition coefficient (Wildman–Crippen LogP) is 1.97. The van der Waals surface area contributed by atoms with Gasteiger partial charge in [-0.2, -0.15) is 0 Å². The average molecular weight is 328 g/mol. The van der Waals surface area contributed by atoms with Gasteiger partial charge in [-0.25, -0.2) is 0 Å². The number of benzene rings is 1. The molecular weight excluding hydrogens is 300 g/mol. The van der Waals surface area contributed by atoms with Crippen LogP contribution in [0.2, 0.25) is 0 Å². The van der Waals surface area contributed by atoms with E-state index in [1.54, 1.807) is 0 Å². The number of para-hydroxylation sites is 1. The van der Waals surface area contributed by atoms with Crippen LogP contribution in [0.15, 0.2) is 24.3 Å². The van der Waals surface area contributed by atoms with E-state index in [9.17, 15) is 10.2 Å². The molecule has 1 saturated carbocycles. The monoisotopic (exact) mass is 328 g/mol. The van der Waals surface area contributed by atoms with Gasteiger partial charge in [-0.15, -0.1) is 0 Å². The molecular formula is C20H28N2O2. The molecule has 1 aromatic carbocycles. The zero-order valence-electron chi connectivity index (χ0n) is 14.4. The standard InChI is InChI=1S/C20H28N2O2/c1-13(24)19-7-4-9-22-10-8-20(18(19)22)15-5-2-3-6-16(15)21-17(20)14(11-19)12-23/h2-3,5-6,13-14,17-18,21,23-24H,4,7-12H2,1H3/t13?,14?,17-,18-,19-,20-/m1/s1. The van der Waals surface area contributed by atoms with Crippen molar-refractivity contribution in [3.8, 4) is 0 Å². The lowest BCUT2D eigenvalue weighted by molar-refractivity contribution is -0.120. The molecule has 3 N–H and O–H groups in total. The maximum atomic E-state index is 10.9. The van der Waals surface area contributed by atoms with Gasteiger partial charge in [0, 0.05) is 41.1 Å². The maximum absolute atomic E-state index is 10.9. The fourth-order valence-electron chi connectivity index (χ4n) is 7.01. The van der Waals surface area contributed by atoms with Crippen molar-refractivity contribution in [2.75, 3.05) is 25.0 Å². The van der Waals surface area contributed by atoms with Gasteiger partial charge in [0.15, 0.2) is 0 Å². The van der Waals surface area contributed by atoms with Gasteiger partial charge < -0.3 is 15.5 Å². The quantitative estimate of drug-likeness (QED) is 0.777. The van der Waals surface area contributed by atoms with Crippen LogP contribution in [0, 0.1) is 11.3 Å². The van der Waals surface area contributed by atoms with E-state index in [-0.39, 0.29) is 29.5 Å². The van der Waals surface area contributed by atoms with E-state index in [1.165, 1.54) is 11.3 Å². The SMILES string of the molecule is CC(O)[C@@]12CCCN3CC[C@]4(c5ccccc5N[C@@H]4C(CO)C1)[C@H]32. The topological polar surface area (TPSA) is 55.7 Å². The molecule has 2 unspecified atom stereocenters. The van der Waals surface area contributed by atoms with Crippen LogP contribution in [0.5, 0.6) is 0 Å². The van der Waals surface area contributed by atoms with E-state index >= 15 is 0 Å². The molecule has 4 aliphatic rings. The van der Waals surface area contributed by atoms with Crippen molar-refractivity contribution in [1.29, 1.82) is 0 Å². The molecule has 3 fully saturated rings. The summed E-state index contributed by atoms with van der Waals surface area (Å²) in [6.07, 6.45) is 3.98. The summed E-state index contributed by atoms with van der Waals surface area (Å²) in [5, 5.41) is 24.8. The zero-order valence-corrected chi connectivity index (χ0v) is 14.4. The number of hydrogen-bond acceptors (Lipinski definition) is 4. The van der Waals surface area contributed by atoms with E-state index in [0.717, 1.165) is 38.8 Å². The summed E-state index contributed by atoms with van der Waals surface area (Å²) in [5.74, 6) is 0.210. The number of fused-ring (bicyclic) bond motifs is 1. The highest BCUT2D eigenvalue weighted by Crippen LogP contribution is 2.65. The number of rotatable bonds is 2. The summed E-state index contributed by atoms with van der Waals surface area (Å²) in [4.78, 5) is 2.65. The highest BCUT2D eigenvalue weighted by atomic mass is 16.3. The highest BCUT2D eigenvalue weighted by Gasteiger charge is 2.69. The minimum Gasteiger partial charge on any atom is -0.396 e. The summed E-state index contributed by atoms with van der Waals surface area (Å²) in [6, 6.07) is 9.40. The van der Waals surface area contributed by atoms with Crippen molar-refractivity contribution < 1.29 is 10.2 Å². The normalized spacial score (nSPS) is 44.4. The Kier molecular flexibility index (Phi) is 3.14. The lowest BCUT2D eigenvalue weighted by Crippen LogP contribution is -2.69. The van der Waals surface area contributed by atoms with E-state index in [4.69, 9.17) is 0 Å². The molecule has 24 heavy (non-hydrogen) atoms. The molecule has 0 amide bonds. The number of hydrogen-bond donors (Lipinski definition) is 3. The van der Waals surface area contributed by atoms with Crippen LogP contribution < -0.4 is 5.32 Å². The van der Waals surface area contributed by atoms with Crippen molar-refractivity contribution in [2.45, 2.75) is 56.2 Å². The third kappa shape index (κ3) is 1.60. The van der Waals surface area contributed by atoms with Crippen LogP contribution in [-0.4, -0.2) is 53.0 Å². The third-order valence-corrected chi connectivity index (χ3v) is 7.77. The van der Waals surface area contributed by atoms with Crippen LogP contribution in [0.1, 0.15) is 38.2 Å². The molecule has 5 rings (SSSR count). The maximum Gasteiger partial charge on any atom is 0.0583 e. The summed E-state index contributed by atoms with van der Waals surface area (Å²) in [7, 11) is 0. The predicted molar refractivity (Wildman–Crippen MR) is 94.0 cm³/mol. The number of piperidine rings is 1. The Labute approximate surface area is 143 Å². The largest absolute Gasteiger partial charge is 0.396 e. The fourth-order valence-corrected chi connectivity index (χ4v) is 7.01. The molecule has 3 aliphatic heterocycles. The lowest BCUT2D eigenvalue weighted by atomic mass is 9.49. The Hall–Kier alpha value is -1.10. The molecule has 0 aromatic heterocycles. The Morgan fingerprint density at radius 3 is 2.92 bits per heavy atom. The molecule has 130 valence electrons. The molecule has 4 heteroatoms. The second kappa shape index (κ2) is 4.96. The highest BCUT2D eigenvalue weighted by molar-refractivity contribution is 5.65. The van der Waals surface area contributed by atoms with E-state index in [0.29, 0.717) is 12.1 Å². The van der Waals surface area contributed by atoms with Crippen molar-refractivity contribution in [3.05, 3.63) is 29.8 Å². The van der Waals surface area contributed by atoms with Crippen LogP contribution in [-0.2, 0) is 5.41 Å². The van der Waals surface area contributed by atoms with Crippen LogP contribution >= 0.6 is 0 Å². The van der Waals surface area contributed by atoms with E-state index in [2.05, 4.69) is 34.5 Å². The summed E-state index contributed by atoms with van der Waals surface area (Å²) in [5.41, 5.74) is 2.62. The number of nitrogens with one attached hydrogen (secondary N) is 1. The second-order valence-corrected chi connectivity index (χ2v) is 8.56. The molecule has 2 saturated heterocycles. The number of aliphatic hydroxyl groups excluding tert-OH is 2. The first-order valence-electron chi connectivity index (χ1n) is 9.52. The first-order chi connectivity index (χ1) is 11.6. The Morgan fingerprint density at radius 1 is 1.29 bits per heavy atom. The smallest absolute Gasteiger partial charge is 0.0583 e. The van der Waals surface area contributed by atoms with Gasteiger partial charge in [0.05, 0.1) is 6.10 Å². The third-order valence-electron chi connectivity index (χ3n) is 7.77. The minimum atomic E-state index is -0.331. The van der Waals surface area contributed by atoms with Gasteiger partial charge in [0.25, 0.3) is 0 Å². The molecule has 1 spiro atoms. The summed E-state index contributed by atoms with van der Waals surface area (Å²) in [6.45, 7) is 4.45. The van der Waals surface area contributed by atoms with Gasteiger partial charge in [-0.3, -0.25) is 4.90 Å². The number of anilines is 1. The molecule has 1 aliphatic carbocycles. The summed E-state index contributed by atoms with van der Waals surface area (Å²) < 4.78 is 0. The van der Waals surface area contributed by atoms with Crippen molar-refractivity contribution in [2.24, 2.45) is 11.3 Å². The van der Waals surface area contributed by atoms with Crippen molar-refractivity contribution in [1.82, 2.24) is 4.90 Å². The molecule has 1 aromatic rings. The summed E-state index contributed by atoms with van der Waals surface area (Å²) >= 11 is 0. The van der Waals surface area contributed by atoms with Gasteiger partial charge in [0.2, 0.25) is 0 Å². The number of nitrogens with zero attached hydrogens (tertiary/aromatic N) is 1. The first-order valence-corrected chi connectivity index (χ1v) is 9.52. The molecule has 0 radical (unpaired) electrons. The van der Waals surface area contributed by atoms with Crippen LogP contribution in [0.3, 0.4) is 0 Å².